The third kappa shape index (κ3) is 4.85. The molecule has 1 amide bonds. The maximum Gasteiger partial charge on any atom is 0.273 e. The summed E-state index contributed by atoms with van der Waals surface area (Å²) >= 11 is 1.10. The molecule has 2 aromatic carbocycles. The van der Waals surface area contributed by atoms with Crippen LogP contribution in [-0.4, -0.2) is 20.5 Å². The molecule has 0 saturated heterocycles. The van der Waals surface area contributed by atoms with E-state index in [4.69, 9.17) is 0 Å². The molecule has 0 aliphatic rings. The molecule has 1 atom stereocenters. The van der Waals surface area contributed by atoms with Gasteiger partial charge in [-0.15, -0.1) is 11.3 Å². The molecule has 0 spiro atoms. The standard InChI is InChI=1S/C20H19N3O3S2/c1-15(16-8-3-2-4-9-16)14-21-22-20(24)17-10-5-6-11-18(17)23-28(25,26)19-12-7-13-27-19/h2-15,23H,1H3,(H,22,24)/b21-14-/t15-/m0/s1. The molecule has 3 aromatic rings. The van der Waals surface area contributed by atoms with E-state index in [2.05, 4.69) is 15.2 Å². The first-order valence-electron chi connectivity index (χ1n) is 8.51. The van der Waals surface area contributed by atoms with Crippen LogP contribution in [0.2, 0.25) is 0 Å². The fourth-order valence-corrected chi connectivity index (χ4v) is 4.56. The minimum Gasteiger partial charge on any atom is -0.278 e. The van der Waals surface area contributed by atoms with E-state index < -0.39 is 15.9 Å². The van der Waals surface area contributed by atoms with Gasteiger partial charge in [-0.05, 0) is 29.1 Å². The summed E-state index contributed by atoms with van der Waals surface area (Å²) < 4.78 is 27.5. The van der Waals surface area contributed by atoms with E-state index in [9.17, 15) is 13.2 Å². The highest BCUT2D eigenvalue weighted by atomic mass is 32.2. The van der Waals surface area contributed by atoms with E-state index >= 15 is 0 Å². The summed E-state index contributed by atoms with van der Waals surface area (Å²) in [5.74, 6) is -0.477. The Morgan fingerprint density at radius 3 is 2.46 bits per heavy atom. The van der Waals surface area contributed by atoms with E-state index in [1.54, 1.807) is 29.8 Å². The number of hydrazone groups is 1. The molecule has 2 N–H and O–H groups in total. The van der Waals surface area contributed by atoms with Gasteiger partial charge in [0.05, 0.1) is 11.3 Å². The molecule has 0 aliphatic heterocycles. The summed E-state index contributed by atoms with van der Waals surface area (Å²) in [6.07, 6.45) is 1.63. The lowest BCUT2D eigenvalue weighted by atomic mass is 10.0. The molecule has 28 heavy (non-hydrogen) atoms. The van der Waals surface area contributed by atoms with Gasteiger partial charge in [0.2, 0.25) is 0 Å². The molecule has 0 unspecified atom stereocenters. The van der Waals surface area contributed by atoms with Gasteiger partial charge >= 0.3 is 0 Å². The topological polar surface area (TPSA) is 87.6 Å². The number of hydrogen-bond acceptors (Lipinski definition) is 5. The fraction of sp³-hybridized carbons (Fsp3) is 0.100. The number of nitrogens with one attached hydrogen (secondary N) is 2. The lowest BCUT2D eigenvalue weighted by Crippen LogP contribution is -2.21. The van der Waals surface area contributed by atoms with Crippen molar-refractivity contribution in [1.82, 2.24) is 5.43 Å². The first kappa shape index (κ1) is 19.8. The van der Waals surface area contributed by atoms with Crippen molar-refractivity contribution in [1.29, 1.82) is 0 Å². The zero-order valence-electron chi connectivity index (χ0n) is 15.1. The number of para-hydroxylation sites is 1. The molecule has 0 radical (unpaired) electrons. The van der Waals surface area contributed by atoms with Crippen LogP contribution >= 0.6 is 11.3 Å². The molecule has 0 aliphatic carbocycles. The number of amides is 1. The number of sulfonamides is 1. The van der Waals surface area contributed by atoms with Gasteiger partial charge < -0.3 is 0 Å². The third-order valence-electron chi connectivity index (χ3n) is 3.97. The molecule has 3 rings (SSSR count). The van der Waals surface area contributed by atoms with Crippen molar-refractivity contribution >= 4 is 39.2 Å². The van der Waals surface area contributed by atoms with Crippen LogP contribution in [-0.2, 0) is 10.0 Å². The second kappa shape index (κ2) is 8.81. The van der Waals surface area contributed by atoms with Crippen molar-refractivity contribution in [2.24, 2.45) is 5.10 Å². The van der Waals surface area contributed by atoms with E-state index in [1.165, 1.54) is 18.2 Å². The van der Waals surface area contributed by atoms with Crippen molar-refractivity contribution in [3.05, 3.63) is 83.2 Å². The van der Waals surface area contributed by atoms with Crippen LogP contribution in [0.25, 0.3) is 0 Å². The van der Waals surface area contributed by atoms with Crippen LogP contribution in [0, 0.1) is 0 Å². The Bertz CT molecular complexity index is 1060. The Labute approximate surface area is 168 Å². The summed E-state index contributed by atoms with van der Waals surface area (Å²) in [5.41, 5.74) is 3.91. The lowest BCUT2D eigenvalue weighted by molar-refractivity contribution is 0.0956. The van der Waals surface area contributed by atoms with Gasteiger partial charge in [0, 0.05) is 12.1 Å². The number of nitrogens with zero attached hydrogens (tertiary/aromatic N) is 1. The molecular formula is C20H19N3O3S2. The van der Waals surface area contributed by atoms with Crippen molar-refractivity contribution in [2.75, 3.05) is 4.72 Å². The highest BCUT2D eigenvalue weighted by Gasteiger charge is 2.19. The van der Waals surface area contributed by atoms with Crippen LogP contribution in [0.15, 0.2) is 81.4 Å². The predicted octanol–water partition coefficient (Wildman–Crippen LogP) is 4.07. The van der Waals surface area contributed by atoms with Gasteiger partial charge in [-0.25, -0.2) is 13.8 Å². The molecule has 0 fully saturated rings. The largest absolute Gasteiger partial charge is 0.278 e. The number of anilines is 1. The number of rotatable bonds is 7. The number of benzene rings is 2. The Kier molecular flexibility index (Phi) is 6.23. The van der Waals surface area contributed by atoms with Crippen LogP contribution in [0.5, 0.6) is 0 Å². The second-order valence-electron chi connectivity index (χ2n) is 6.00. The summed E-state index contributed by atoms with van der Waals surface area (Å²) in [5, 5.41) is 5.69. The van der Waals surface area contributed by atoms with E-state index in [-0.39, 0.29) is 21.4 Å². The fourth-order valence-electron chi connectivity index (χ4n) is 2.49. The van der Waals surface area contributed by atoms with Gasteiger partial charge in [-0.1, -0.05) is 55.5 Å². The van der Waals surface area contributed by atoms with Gasteiger partial charge in [0.15, 0.2) is 0 Å². The molecule has 0 bridgehead atoms. The van der Waals surface area contributed by atoms with Crippen molar-refractivity contribution in [3.63, 3.8) is 0 Å². The molecule has 6 nitrogen and oxygen atoms in total. The van der Waals surface area contributed by atoms with Crippen molar-refractivity contribution in [2.45, 2.75) is 17.1 Å². The third-order valence-corrected chi connectivity index (χ3v) is 6.73. The number of hydrogen-bond donors (Lipinski definition) is 2. The Hall–Kier alpha value is -2.97. The smallest absolute Gasteiger partial charge is 0.273 e. The average Bonchev–Trinajstić information content (AvgIpc) is 3.24. The monoisotopic (exact) mass is 413 g/mol. The molecule has 1 aromatic heterocycles. The molecule has 0 saturated carbocycles. The first-order valence-corrected chi connectivity index (χ1v) is 10.9. The minimum absolute atomic E-state index is 0.0223. The van der Waals surface area contributed by atoms with Crippen LogP contribution < -0.4 is 10.1 Å². The van der Waals surface area contributed by atoms with Gasteiger partial charge in [-0.2, -0.15) is 5.10 Å². The Morgan fingerprint density at radius 2 is 1.75 bits per heavy atom. The Morgan fingerprint density at radius 1 is 1.04 bits per heavy atom. The highest BCUT2D eigenvalue weighted by molar-refractivity contribution is 7.94. The lowest BCUT2D eigenvalue weighted by Gasteiger charge is -2.11. The minimum atomic E-state index is -3.75. The molecule has 1 heterocycles. The Balaban J connectivity index is 1.72. The summed E-state index contributed by atoms with van der Waals surface area (Å²) in [4.78, 5) is 12.5. The van der Waals surface area contributed by atoms with Crippen LogP contribution in [0.3, 0.4) is 0 Å². The summed E-state index contributed by atoms with van der Waals surface area (Å²) in [6, 6.07) is 19.3. The van der Waals surface area contributed by atoms with Crippen LogP contribution in [0.4, 0.5) is 5.69 Å². The van der Waals surface area contributed by atoms with E-state index in [0.717, 1.165) is 16.9 Å². The number of carbonyl (C=O) groups excluding carboxylic acids is 1. The first-order chi connectivity index (χ1) is 13.5. The van der Waals surface area contributed by atoms with Crippen LogP contribution in [0.1, 0.15) is 28.8 Å². The maximum atomic E-state index is 12.5. The van der Waals surface area contributed by atoms with E-state index in [1.807, 2.05) is 37.3 Å². The van der Waals surface area contributed by atoms with Gasteiger partial charge in [-0.3, -0.25) is 9.52 Å². The molecule has 144 valence electrons. The molecule has 8 heteroatoms. The van der Waals surface area contributed by atoms with Crippen molar-refractivity contribution < 1.29 is 13.2 Å². The number of thiophene rings is 1. The zero-order chi connectivity index (χ0) is 20.0. The second-order valence-corrected chi connectivity index (χ2v) is 8.86. The van der Waals surface area contributed by atoms with E-state index in [0.29, 0.717) is 0 Å². The average molecular weight is 414 g/mol. The summed E-state index contributed by atoms with van der Waals surface area (Å²) in [7, 11) is -3.75. The van der Waals surface area contributed by atoms with Gasteiger partial charge in [0.25, 0.3) is 15.9 Å². The SMILES string of the molecule is C[C@@H](/C=N\NC(=O)c1ccccc1NS(=O)(=O)c1cccs1)c1ccccc1. The maximum absolute atomic E-state index is 12.5. The predicted molar refractivity (Wildman–Crippen MR) is 112 cm³/mol. The van der Waals surface area contributed by atoms with Gasteiger partial charge in [0.1, 0.15) is 4.21 Å². The van der Waals surface area contributed by atoms with Crippen molar-refractivity contribution in [3.8, 4) is 0 Å². The normalized spacial score (nSPS) is 12.6. The number of carbonyl (C=O) groups is 1. The molecular weight excluding hydrogens is 394 g/mol. The zero-order valence-corrected chi connectivity index (χ0v) is 16.7. The summed E-state index contributed by atoms with van der Waals surface area (Å²) in [6.45, 7) is 1.97. The highest BCUT2D eigenvalue weighted by Crippen LogP contribution is 2.22. The quantitative estimate of drug-likeness (QED) is 0.452.